The van der Waals surface area contributed by atoms with Gasteiger partial charge in [0.2, 0.25) is 0 Å². The largest absolute Gasteiger partial charge is 0.139 e. The number of fused-ring (bicyclic) bond motifs is 1. The third kappa shape index (κ3) is 1.77. The lowest BCUT2D eigenvalue weighted by Crippen LogP contribution is -1.78. The van der Waals surface area contributed by atoms with Crippen LogP contribution in [0, 0.1) is 0 Å². The molecule has 1 heterocycles. The number of rotatable bonds is 2. The molecule has 0 unspecified atom stereocenters. The summed E-state index contributed by atoms with van der Waals surface area (Å²) in [5.74, 6) is 0. The van der Waals surface area contributed by atoms with E-state index in [1.807, 2.05) is 11.3 Å². The average Bonchev–Trinajstić information content (AvgIpc) is 2.62. The number of halogens is 2. The summed E-state index contributed by atoms with van der Waals surface area (Å²) in [5, 5.41) is 2.26. The summed E-state index contributed by atoms with van der Waals surface area (Å²) in [4.78, 5) is 1.45. The van der Waals surface area contributed by atoms with Crippen LogP contribution in [0.5, 0.6) is 0 Å². The van der Waals surface area contributed by atoms with Crippen LogP contribution in [0.4, 0.5) is 0 Å². The Balaban J connectivity index is 2.68. The van der Waals surface area contributed by atoms with E-state index in [0.717, 1.165) is 11.8 Å². The monoisotopic (exact) mass is 332 g/mol. The van der Waals surface area contributed by atoms with Crippen molar-refractivity contribution in [3.05, 3.63) is 33.1 Å². The van der Waals surface area contributed by atoms with E-state index < -0.39 is 0 Å². The summed E-state index contributed by atoms with van der Waals surface area (Å²) in [6.07, 6.45) is 1.12. The van der Waals surface area contributed by atoms with Crippen molar-refractivity contribution < 1.29 is 0 Å². The summed E-state index contributed by atoms with van der Waals surface area (Å²) >= 11 is 9.04. The maximum atomic E-state index is 3.66. The summed E-state index contributed by atoms with van der Waals surface area (Å²) < 4.78 is 2.62. The van der Waals surface area contributed by atoms with Gasteiger partial charge in [-0.05, 0) is 39.4 Å². The zero-order valence-electron chi connectivity index (χ0n) is 7.81. The minimum atomic E-state index is 0.906. The zero-order valence-corrected chi connectivity index (χ0v) is 11.8. The van der Waals surface area contributed by atoms with Crippen LogP contribution in [0.15, 0.2) is 22.7 Å². The molecule has 0 nitrogen and oxygen atoms in total. The van der Waals surface area contributed by atoms with Crippen LogP contribution in [0.2, 0.25) is 0 Å². The van der Waals surface area contributed by atoms with Gasteiger partial charge in [-0.25, -0.2) is 0 Å². The van der Waals surface area contributed by atoms with E-state index in [2.05, 4.69) is 57.0 Å². The van der Waals surface area contributed by atoms with Crippen LogP contribution < -0.4 is 0 Å². The first-order valence-corrected chi connectivity index (χ1v) is 7.25. The van der Waals surface area contributed by atoms with Gasteiger partial charge in [0.15, 0.2) is 0 Å². The quantitative estimate of drug-likeness (QED) is 0.669. The molecule has 0 amide bonds. The molecule has 0 aliphatic carbocycles. The minimum absolute atomic E-state index is 0.906. The van der Waals surface area contributed by atoms with Crippen molar-refractivity contribution >= 4 is 53.3 Å². The predicted molar refractivity (Wildman–Crippen MR) is 71.5 cm³/mol. The summed E-state index contributed by atoms with van der Waals surface area (Å²) in [5.41, 5.74) is 1.32. The van der Waals surface area contributed by atoms with Crippen molar-refractivity contribution in [1.29, 1.82) is 0 Å². The maximum absolute atomic E-state index is 3.66. The summed E-state index contributed by atoms with van der Waals surface area (Å²) in [6.45, 7) is 2.20. The highest BCUT2D eigenvalue weighted by Crippen LogP contribution is 2.35. The van der Waals surface area contributed by atoms with Gasteiger partial charge in [0.25, 0.3) is 0 Å². The molecule has 0 aliphatic heterocycles. The normalized spacial score (nSPS) is 11.1. The highest BCUT2D eigenvalue weighted by atomic mass is 79.9. The number of aryl methyl sites for hydroxylation is 1. The molecule has 0 N–H and O–H groups in total. The van der Waals surface area contributed by atoms with Crippen molar-refractivity contribution in [3.8, 4) is 0 Å². The van der Waals surface area contributed by atoms with E-state index in [9.17, 15) is 0 Å². The minimum Gasteiger partial charge on any atom is -0.139 e. The van der Waals surface area contributed by atoms with Gasteiger partial charge in [-0.3, -0.25) is 0 Å². The van der Waals surface area contributed by atoms with Crippen LogP contribution in [0.25, 0.3) is 10.1 Å². The molecule has 0 bridgehead atoms. The van der Waals surface area contributed by atoms with Crippen molar-refractivity contribution in [2.75, 3.05) is 0 Å². The molecule has 0 radical (unpaired) electrons. The first kappa shape index (κ1) is 10.7. The molecule has 3 heteroatoms. The molecule has 0 saturated heterocycles. The predicted octanol–water partition coefficient (Wildman–Crippen LogP) is 5.12. The van der Waals surface area contributed by atoms with E-state index in [-0.39, 0.29) is 0 Å². The fourth-order valence-corrected chi connectivity index (χ4v) is 4.09. The van der Waals surface area contributed by atoms with Crippen molar-refractivity contribution in [3.63, 3.8) is 0 Å². The molecule has 0 spiro atoms. The summed E-state index contributed by atoms with van der Waals surface area (Å²) in [7, 11) is 0. The van der Waals surface area contributed by atoms with Crippen molar-refractivity contribution in [2.45, 2.75) is 18.7 Å². The molecular formula is C11H10Br2S. The van der Waals surface area contributed by atoms with E-state index in [1.54, 1.807) is 0 Å². The molecule has 14 heavy (non-hydrogen) atoms. The molecule has 0 saturated carbocycles. The third-order valence-corrected chi connectivity index (χ3v) is 5.33. The van der Waals surface area contributed by atoms with Gasteiger partial charge in [0.05, 0.1) is 0 Å². The van der Waals surface area contributed by atoms with Crippen molar-refractivity contribution in [2.24, 2.45) is 0 Å². The Hall–Kier alpha value is 0.140. The SMILES string of the molecule is CCc1cc2ccc(CBr)c(Br)c2s1. The molecule has 1 aromatic carbocycles. The van der Waals surface area contributed by atoms with Crippen LogP contribution >= 0.6 is 43.2 Å². The topological polar surface area (TPSA) is 0 Å². The first-order valence-electron chi connectivity index (χ1n) is 4.52. The van der Waals surface area contributed by atoms with Gasteiger partial charge in [0.1, 0.15) is 0 Å². The van der Waals surface area contributed by atoms with Gasteiger partial charge in [0, 0.05) is 19.4 Å². The van der Waals surface area contributed by atoms with E-state index >= 15 is 0 Å². The van der Waals surface area contributed by atoms with Crippen LogP contribution in [-0.4, -0.2) is 0 Å². The average molecular weight is 334 g/mol. The van der Waals surface area contributed by atoms with Gasteiger partial charge in [-0.2, -0.15) is 0 Å². The smallest absolute Gasteiger partial charge is 0.0490 e. The standard InChI is InChI=1S/C11H10Br2S/c1-2-9-5-7-3-4-8(6-12)10(13)11(7)14-9/h3-5H,2,6H2,1H3. The van der Waals surface area contributed by atoms with Gasteiger partial charge >= 0.3 is 0 Å². The lowest BCUT2D eigenvalue weighted by atomic mass is 10.2. The Morgan fingerprint density at radius 1 is 1.36 bits per heavy atom. The highest BCUT2D eigenvalue weighted by Gasteiger charge is 2.07. The zero-order chi connectivity index (χ0) is 10.1. The number of hydrogen-bond acceptors (Lipinski definition) is 1. The third-order valence-electron chi connectivity index (χ3n) is 2.25. The first-order chi connectivity index (χ1) is 6.76. The lowest BCUT2D eigenvalue weighted by Gasteiger charge is -2.00. The van der Waals surface area contributed by atoms with Gasteiger partial charge in [-0.15, -0.1) is 11.3 Å². The molecule has 74 valence electrons. The molecule has 0 aliphatic rings. The molecule has 2 rings (SSSR count). The fraction of sp³-hybridized carbons (Fsp3) is 0.273. The lowest BCUT2D eigenvalue weighted by molar-refractivity contribution is 1.19. The Morgan fingerprint density at radius 3 is 2.79 bits per heavy atom. The Morgan fingerprint density at radius 2 is 2.14 bits per heavy atom. The number of alkyl halides is 1. The van der Waals surface area contributed by atoms with Gasteiger partial charge < -0.3 is 0 Å². The number of benzene rings is 1. The van der Waals surface area contributed by atoms with Crippen molar-refractivity contribution in [1.82, 2.24) is 0 Å². The highest BCUT2D eigenvalue weighted by molar-refractivity contribution is 9.11. The van der Waals surface area contributed by atoms with Crippen LogP contribution in [0.1, 0.15) is 17.4 Å². The second-order valence-electron chi connectivity index (χ2n) is 3.16. The number of hydrogen-bond donors (Lipinski definition) is 0. The van der Waals surface area contributed by atoms with Crippen LogP contribution in [0.3, 0.4) is 0 Å². The second kappa shape index (κ2) is 4.33. The molecule has 2 aromatic rings. The Labute approximate surface area is 105 Å². The van der Waals surface area contributed by atoms with Gasteiger partial charge in [-0.1, -0.05) is 35.0 Å². The molecule has 0 fully saturated rings. The van der Waals surface area contributed by atoms with E-state index in [0.29, 0.717) is 0 Å². The molecule has 0 atom stereocenters. The number of thiophene rings is 1. The second-order valence-corrected chi connectivity index (χ2v) is 5.65. The van der Waals surface area contributed by atoms with Crippen LogP contribution in [-0.2, 0) is 11.8 Å². The Kier molecular flexibility index (Phi) is 3.30. The fourth-order valence-electron chi connectivity index (χ4n) is 1.44. The Bertz CT molecular complexity index is 460. The maximum Gasteiger partial charge on any atom is 0.0490 e. The molecule has 1 aromatic heterocycles. The summed E-state index contributed by atoms with van der Waals surface area (Å²) in [6, 6.07) is 6.66. The molecular weight excluding hydrogens is 324 g/mol. The van der Waals surface area contributed by atoms with E-state index in [1.165, 1.54) is 25.0 Å². The van der Waals surface area contributed by atoms with E-state index in [4.69, 9.17) is 0 Å².